The molecule has 5 aliphatic rings. The van der Waals surface area contributed by atoms with Crippen molar-refractivity contribution in [2.45, 2.75) is 70.8 Å². The van der Waals surface area contributed by atoms with Crippen LogP contribution in [0.3, 0.4) is 0 Å². The molecule has 2 aromatic rings. The van der Waals surface area contributed by atoms with E-state index in [0.29, 0.717) is 33.8 Å². The second-order valence-electron chi connectivity index (χ2n) is 12.2. The van der Waals surface area contributed by atoms with Crippen LogP contribution in [0.25, 0.3) is 22.6 Å². The van der Waals surface area contributed by atoms with Crippen LogP contribution in [-0.4, -0.2) is 102 Å². The zero-order valence-corrected chi connectivity index (χ0v) is 27.2. The number of aromatic nitrogens is 1. The van der Waals surface area contributed by atoms with Gasteiger partial charge in [0.15, 0.2) is 24.5 Å². The van der Waals surface area contributed by atoms with Gasteiger partial charge in [0.2, 0.25) is 0 Å². The summed E-state index contributed by atoms with van der Waals surface area (Å²) in [7, 11) is 1.43. The highest BCUT2D eigenvalue weighted by atomic mass is 16.7. The van der Waals surface area contributed by atoms with Crippen LogP contribution in [-0.2, 0) is 49.3 Å². The van der Waals surface area contributed by atoms with Crippen molar-refractivity contribution in [2.75, 3.05) is 18.6 Å². The predicted molar refractivity (Wildman–Crippen MR) is 171 cm³/mol. The largest absolute Gasteiger partial charge is 0.463 e. The standard InChI is InChI=1S/C34H32N4O11/c1-14(39)45-13-22-29(46-15(2)40)30(47-16(3)41)31(48-17(4)42)34(49-22)38-21-10-11-35-12-19(21)24-26-25(32(43)37(5)33(26)44)23-18-8-6-7-9-20(18)36-27(23)28(24)38/h6-7,9-12,21-22,29-31,34,36H,8,13H2,1-5H3/t21?,22-,29-,30+,31-,34-/m1/s1. The quantitative estimate of drug-likeness (QED) is 0.252. The normalized spacial score (nSPS) is 26.2. The Morgan fingerprint density at radius 1 is 0.939 bits per heavy atom. The third kappa shape index (κ3) is 5.03. The second kappa shape index (κ2) is 11.8. The van der Waals surface area contributed by atoms with Gasteiger partial charge >= 0.3 is 23.9 Å². The molecule has 1 aromatic heterocycles. The first-order valence-corrected chi connectivity index (χ1v) is 15.6. The number of amides is 2. The van der Waals surface area contributed by atoms with Crippen LogP contribution in [0.2, 0.25) is 0 Å². The van der Waals surface area contributed by atoms with Gasteiger partial charge in [0.1, 0.15) is 12.7 Å². The number of rotatable bonds is 6. The molecule has 1 saturated heterocycles. The molecule has 1 fully saturated rings. The molecule has 49 heavy (non-hydrogen) atoms. The number of ether oxygens (including phenoxy) is 5. The van der Waals surface area contributed by atoms with Gasteiger partial charge < -0.3 is 33.6 Å². The fourth-order valence-electron chi connectivity index (χ4n) is 7.35. The van der Waals surface area contributed by atoms with Gasteiger partial charge in [-0.1, -0.05) is 12.2 Å². The summed E-state index contributed by atoms with van der Waals surface area (Å²) < 4.78 is 29.1. The lowest BCUT2D eigenvalue weighted by Crippen LogP contribution is -2.67. The van der Waals surface area contributed by atoms with Gasteiger partial charge in [-0.15, -0.1) is 0 Å². The van der Waals surface area contributed by atoms with Gasteiger partial charge in [-0.3, -0.25) is 38.7 Å². The lowest BCUT2D eigenvalue weighted by atomic mass is 9.94. The average Bonchev–Trinajstić information content (AvgIpc) is 3.66. The summed E-state index contributed by atoms with van der Waals surface area (Å²) in [5, 5.41) is 1.74. The van der Waals surface area contributed by atoms with E-state index in [1.54, 1.807) is 23.4 Å². The first kappa shape index (κ1) is 32.0. The van der Waals surface area contributed by atoms with Crippen molar-refractivity contribution in [2.24, 2.45) is 4.99 Å². The fraction of sp³-hybridized carbons (Fsp3) is 0.382. The van der Waals surface area contributed by atoms with E-state index in [9.17, 15) is 28.8 Å². The first-order chi connectivity index (χ1) is 23.4. The molecule has 1 N–H and O–H groups in total. The van der Waals surface area contributed by atoms with Gasteiger partial charge in [-0.05, 0) is 24.1 Å². The highest BCUT2D eigenvalue weighted by Crippen LogP contribution is 2.43. The zero-order valence-electron chi connectivity index (χ0n) is 27.2. The number of allylic oxidation sites excluding steroid dienone is 2. The van der Waals surface area contributed by atoms with Crippen LogP contribution in [0.15, 0.2) is 29.4 Å². The number of esters is 4. The minimum atomic E-state index is -1.42. The topological polar surface area (TPSA) is 183 Å². The molecular formula is C34H32N4O11. The molecule has 0 spiro atoms. The van der Waals surface area contributed by atoms with E-state index in [4.69, 9.17) is 23.7 Å². The molecule has 0 radical (unpaired) electrons. The van der Waals surface area contributed by atoms with E-state index >= 15 is 0 Å². The van der Waals surface area contributed by atoms with Crippen LogP contribution in [0.4, 0.5) is 5.69 Å². The lowest BCUT2D eigenvalue weighted by molar-refractivity contribution is -0.252. The van der Waals surface area contributed by atoms with Crippen molar-refractivity contribution in [3.63, 3.8) is 0 Å². The number of imide groups is 1. The molecule has 1 aromatic carbocycles. The average molecular weight is 673 g/mol. The number of aromatic amines is 1. The van der Waals surface area contributed by atoms with Crippen molar-refractivity contribution in [3.8, 4) is 0 Å². The number of carbonyl (C=O) groups excluding carboxylic acids is 6. The van der Waals surface area contributed by atoms with Crippen LogP contribution in [0.1, 0.15) is 54.0 Å². The number of fused-ring (bicyclic) bond motifs is 9. The van der Waals surface area contributed by atoms with Crippen LogP contribution >= 0.6 is 0 Å². The second-order valence-corrected chi connectivity index (χ2v) is 12.2. The Labute approximate surface area is 278 Å². The van der Waals surface area contributed by atoms with Gasteiger partial charge in [0.05, 0.1) is 28.4 Å². The van der Waals surface area contributed by atoms with Gasteiger partial charge in [-0.25, -0.2) is 0 Å². The molecule has 15 heteroatoms. The number of aliphatic imine (C=N–C) groups is 1. The molecule has 2 amide bonds. The fourth-order valence-corrected chi connectivity index (χ4v) is 7.35. The molecule has 0 bridgehead atoms. The highest BCUT2D eigenvalue weighted by Gasteiger charge is 2.57. The van der Waals surface area contributed by atoms with E-state index in [1.165, 1.54) is 20.9 Å². The van der Waals surface area contributed by atoms with E-state index in [1.807, 2.05) is 18.2 Å². The van der Waals surface area contributed by atoms with Crippen molar-refractivity contribution in [1.82, 2.24) is 9.88 Å². The number of carbonyl (C=O) groups is 6. The zero-order chi connectivity index (χ0) is 34.9. The summed E-state index contributed by atoms with van der Waals surface area (Å²) in [5.41, 5.74) is 2.81. The minimum Gasteiger partial charge on any atom is -0.463 e. The Balaban J connectivity index is 1.52. The van der Waals surface area contributed by atoms with Crippen molar-refractivity contribution >= 4 is 70.1 Å². The number of nitrogens with one attached hydrogen (secondary N) is 1. The molecule has 4 aliphatic heterocycles. The lowest BCUT2D eigenvalue weighted by Gasteiger charge is -2.49. The van der Waals surface area contributed by atoms with Crippen molar-refractivity contribution < 1.29 is 52.5 Å². The number of hydrogen-bond acceptors (Lipinski definition) is 13. The number of hydrogen-bond donors (Lipinski definition) is 1. The van der Waals surface area contributed by atoms with Gasteiger partial charge in [0.25, 0.3) is 11.8 Å². The van der Waals surface area contributed by atoms with E-state index in [-0.39, 0.29) is 11.1 Å². The smallest absolute Gasteiger partial charge is 0.303 e. The maximum Gasteiger partial charge on any atom is 0.303 e. The van der Waals surface area contributed by atoms with E-state index < -0.39 is 79.0 Å². The van der Waals surface area contributed by atoms with Crippen molar-refractivity contribution in [1.29, 1.82) is 0 Å². The molecule has 1 aliphatic carbocycles. The molecule has 1 unspecified atom stereocenters. The number of benzene rings is 1. The molecule has 254 valence electrons. The number of nitrogens with zero attached hydrogens (tertiary/aromatic N) is 3. The molecular weight excluding hydrogens is 640 g/mol. The van der Waals surface area contributed by atoms with E-state index in [2.05, 4.69) is 9.98 Å². The summed E-state index contributed by atoms with van der Waals surface area (Å²) >= 11 is 0. The molecule has 7 rings (SSSR count). The number of H-pyrrole nitrogens is 1. The summed E-state index contributed by atoms with van der Waals surface area (Å²) in [6.07, 6.45) is 4.39. The highest BCUT2D eigenvalue weighted by molar-refractivity contribution is 6.30. The summed E-state index contributed by atoms with van der Waals surface area (Å²) in [6, 6.07) is -0.695. The Morgan fingerprint density at radius 3 is 2.31 bits per heavy atom. The maximum absolute atomic E-state index is 13.9. The van der Waals surface area contributed by atoms with Crippen LogP contribution < -0.4 is 15.5 Å². The summed E-state index contributed by atoms with van der Waals surface area (Å²) in [5.74, 6) is -3.86. The maximum atomic E-state index is 13.9. The predicted octanol–water partition coefficient (Wildman–Crippen LogP) is 0.307. The molecule has 6 atom stereocenters. The van der Waals surface area contributed by atoms with Crippen LogP contribution in [0.5, 0.6) is 0 Å². The summed E-state index contributed by atoms with van der Waals surface area (Å²) in [4.78, 5) is 87.9. The third-order valence-corrected chi connectivity index (χ3v) is 9.09. The third-order valence-electron chi connectivity index (χ3n) is 9.09. The van der Waals surface area contributed by atoms with E-state index in [0.717, 1.165) is 29.7 Å². The molecule has 5 heterocycles. The van der Waals surface area contributed by atoms with Crippen LogP contribution in [0, 0.1) is 0 Å². The summed E-state index contributed by atoms with van der Waals surface area (Å²) in [6.45, 7) is 4.25. The van der Waals surface area contributed by atoms with Gasteiger partial charge in [-0.2, -0.15) is 0 Å². The Bertz CT molecular complexity index is 2090. The monoisotopic (exact) mass is 672 g/mol. The minimum absolute atomic E-state index is 0.196. The van der Waals surface area contributed by atoms with Crippen molar-refractivity contribution in [3.05, 3.63) is 51.7 Å². The Hall–Kier alpha value is -5.57. The Kier molecular flexibility index (Phi) is 7.73. The molecule has 15 nitrogen and oxygen atoms in total. The number of anilines is 1. The molecule has 0 saturated carbocycles. The first-order valence-electron chi connectivity index (χ1n) is 15.6. The Morgan fingerprint density at radius 2 is 1.61 bits per heavy atom. The van der Waals surface area contributed by atoms with Gasteiger partial charge in [0, 0.05) is 68.7 Å². The SMILES string of the molecule is CC(=O)OC[C@H]1O[C@@H](N2c3c(c4c(c5c6c([nH]c35)=CC=CC6)C(=O)N(C)C4=O)=C3C=NC=CC32)[C@H](OC(C)=O)[C@@H](OC(C)=O)[C@@H]1OC(C)=O.